The zero-order valence-electron chi connectivity index (χ0n) is 12.6. The normalized spacial score (nSPS) is 11.2. The van der Waals surface area contributed by atoms with Gasteiger partial charge in [0.25, 0.3) is 10.0 Å². The summed E-state index contributed by atoms with van der Waals surface area (Å²) < 4.78 is 32.9. The van der Waals surface area contributed by atoms with E-state index in [1.807, 2.05) is 32.0 Å². The number of hydrogen-bond acceptors (Lipinski definition) is 4. The first-order valence-corrected chi connectivity index (χ1v) is 9.51. The van der Waals surface area contributed by atoms with Crippen molar-refractivity contribution in [3.63, 3.8) is 0 Å². The third-order valence-corrected chi connectivity index (χ3v) is 5.21. The molecule has 0 radical (unpaired) electrons. The highest BCUT2D eigenvalue weighted by molar-refractivity contribution is 7.99. The van der Waals surface area contributed by atoms with E-state index >= 15 is 0 Å². The van der Waals surface area contributed by atoms with E-state index in [1.54, 1.807) is 42.1 Å². The summed E-state index contributed by atoms with van der Waals surface area (Å²) in [6, 6.07) is 13.8. The number of nitrogens with one attached hydrogen (secondary N) is 1. The lowest BCUT2D eigenvalue weighted by Gasteiger charge is -2.12. The molecule has 1 N–H and O–H groups in total. The van der Waals surface area contributed by atoms with Gasteiger partial charge in [0.1, 0.15) is 5.75 Å². The second-order valence-electron chi connectivity index (χ2n) is 4.44. The Morgan fingerprint density at radius 2 is 1.73 bits per heavy atom. The first kappa shape index (κ1) is 16.7. The van der Waals surface area contributed by atoms with Crippen molar-refractivity contribution in [3.8, 4) is 5.75 Å². The summed E-state index contributed by atoms with van der Waals surface area (Å²) in [5.74, 6) is 1.53. The molecule has 2 aromatic rings. The van der Waals surface area contributed by atoms with Crippen LogP contribution in [0.5, 0.6) is 5.75 Å². The summed E-state index contributed by atoms with van der Waals surface area (Å²) in [7, 11) is -3.60. The van der Waals surface area contributed by atoms with E-state index in [2.05, 4.69) is 4.72 Å². The summed E-state index contributed by atoms with van der Waals surface area (Å²) in [6.07, 6.45) is 0. The maximum absolute atomic E-state index is 12.5. The monoisotopic (exact) mass is 337 g/mol. The highest BCUT2D eigenvalue weighted by Crippen LogP contribution is 2.28. The van der Waals surface area contributed by atoms with Crippen molar-refractivity contribution in [2.45, 2.75) is 23.6 Å². The Morgan fingerprint density at radius 1 is 1.05 bits per heavy atom. The van der Waals surface area contributed by atoms with Crippen LogP contribution in [0, 0.1) is 0 Å². The van der Waals surface area contributed by atoms with Gasteiger partial charge in [0.05, 0.1) is 17.2 Å². The van der Waals surface area contributed by atoms with Gasteiger partial charge in [0.2, 0.25) is 0 Å². The Balaban J connectivity index is 2.24. The van der Waals surface area contributed by atoms with Crippen molar-refractivity contribution in [2.24, 2.45) is 0 Å². The topological polar surface area (TPSA) is 55.4 Å². The van der Waals surface area contributed by atoms with E-state index in [4.69, 9.17) is 4.74 Å². The van der Waals surface area contributed by atoms with Gasteiger partial charge in [0, 0.05) is 4.90 Å². The zero-order chi connectivity index (χ0) is 16.0. The highest BCUT2D eigenvalue weighted by atomic mass is 32.2. The summed E-state index contributed by atoms with van der Waals surface area (Å²) in [5, 5.41) is 0. The van der Waals surface area contributed by atoms with E-state index in [1.165, 1.54) is 0 Å². The van der Waals surface area contributed by atoms with E-state index in [9.17, 15) is 8.42 Å². The van der Waals surface area contributed by atoms with Gasteiger partial charge < -0.3 is 4.74 Å². The van der Waals surface area contributed by atoms with Crippen molar-refractivity contribution < 1.29 is 13.2 Å². The maximum atomic E-state index is 12.5. The molecule has 0 aliphatic rings. The third-order valence-electron chi connectivity index (χ3n) is 2.88. The van der Waals surface area contributed by atoms with Gasteiger partial charge in [-0.2, -0.15) is 0 Å². The molecule has 22 heavy (non-hydrogen) atoms. The molecule has 0 aromatic heterocycles. The van der Waals surface area contributed by atoms with Crippen LogP contribution in [0.15, 0.2) is 58.3 Å². The standard InChI is InChI=1S/C16H19NO3S2/c1-3-20-13-9-11-14(12-10-13)22(18,19)17-15-7-5-6-8-16(15)21-4-2/h5-12,17H,3-4H2,1-2H3. The number of hydrogen-bond donors (Lipinski definition) is 1. The molecule has 2 aromatic carbocycles. The first-order valence-electron chi connectivity index (χ1n) is 7.04. The minimum Gasteiger partial charge on any atom is -0.494 e. The van der Waals surface area contributed by atoms with Crippen molar-refractivity contribution in [1.29, 1.82) is 0 Å². The molecule has 0 atom stereocenters. The summed E-state index contributed by atoms with van der Waals surface area (Å²) in [4.78, 5) is 1.13. The number of para-hydroxylation sites is 1. The van der Waals surface area contributed by atoms with Crippen LogP contribution in [0.25, 0.3) is 0 Å². The zero-order valence-corrected chi connectivity index (χ0v) is 14.2. The molecule has 0 aliphatic carbocycles. The van der Waals surface area contributed by atoms with Crippen LogP contribution >= 0.6 is 11.8 Å². The smallest absolute Gasteiger partial charge is 0.261 e. The van der Waals surface area contributed by atoms with E-state index in [0.717, 1.165) is 10.6 Å². The number of anilines is 1. The fraction of sp³-hybridized carbons (Fsp3) is 0.250. The molecule has 0 spiro atoms. The van der Waals surface area contributed by atoms with Crippen molar-refractivity contribution >= 4 is 27.5 Å². The van der Waals surface area contributed by atoms with Crippen LogP contribution in [0.4, 0.5) is 5.69 Å². The Morgan fingerprint density at radius 3 is 2.36 bits per heavy atom. The van der Waals surface area contributed by atoms with E-state index in [0.29, 0.717) is 18.0 Å². The Bertz CT molecular complexity index is 712. The molecular weight excluding hydrogens is 318 g/mol. The predicted octanol–water partition coefficient (Wildman–Crippen LogP) is 4.00. The average molecular weight is 337 g/mol. The lowest BCUT2D eigenvalue weighted by molar-refractivity contribution is 0.340. The van der Waals surface area contributed by atoms with Gasteiger partial charge in [-0.1, -0.05) is 19.1 Å². The minimum atomic E-state index is -3.60. The van der Waals surface area contributed by atoms with E-state index in [-0.39, 0.29) is 4.90 Å². The van der Waals surface area contributed by atoms with Gasteiger partial charge in [-0.3, -0.25) is 4.72 Å². The highest BCUT2D eigenvalue weighted by Gasteiger charge is 2.16. The van der Waals surface area contributed by atoms with Crippen LogP contribution in [-0.2, 0) is 10.0 Å². The number of thioether (sulfide) groups is 1. The Labute approximate surface area is 135 Å². The van der Waals surface area contributed by atoms with Crippen LogP contribution in [-0.4, -0.2) is 20.8 Å². The van der Waals surface area contributed by atoms with Gasteiger partial charge in [-0.15, -0.1) is 11.8 Å². The summed E-state index contributed by atoms with van der Waals surface area (Å²) in [5.41, 5.74) is 0.600. The second kappa shape index (κ2) is 7.56. The van der Waals surface area contributed by atoms with Gasteiger partial charge in [0.15, 0.2) is 0 Å². The first-order chi connectivity index (χ1) is 10.6. The van der Waals surface area contributed by atoms with Crippen molar-refractivity contribution in [1.82, 2.24) is 0 Å². The molecule has 6 heteroatoms. The molecule has 0 fully saturated rings. The molecule has 0 unspecified atom stereocenters. The molecule has 0 heterocycles. The number of rotatable bonds is 7. The number of sulfonamides is 1. The van der Waals surface area contributed by atoms with Crippen LogP contribution in [0.1, 0.15) is 13.8 Å². The van der Waals surface area contributed by atoms with Crippen LogP contribution < -0.4 is 9.46 Å². The molecule has 0 aliphatic heterocycles. The number of ether oxygens (including phenoxy) is 1. The number of benzene rings is 2. The minimum absolute atomic E-state index is 0.215. The lowest BCUT2D eigenvalue weighted by Crippen LogP contribution is -2.13. The Hall–Kier alpha value is -1.66. The lowest BCUT2D eigenvalue weighted by atomic mass is 10.3. The SMILES string of the molecule is CCOc1ccc(S(=O)(=O)Nc2ccccc2SCC)cc1. The van der Waals surface area contributed by atoms with Gasteiger partial charge >= 0.3 is 0 Å². The fourth-order valence-electron chi connectivity index (χ4n) is 1.92. The van der Waals surface area contributed by atoms with Gasteiger partial charge in [-0.25, -0.2) is 8.42 Å². The largest absolute Gasteiger partial charge is 0.494 e. The summed E-state index contributed by atoms with van der Waals surface area (Å²) in [6.45, 7) is 4.46. The molecule has 4 nitrogen and oxygen atoms in total. The molecule has 0 saturated heterocycles. The molecule has 0 amide bonds. The van der Waals surface area contributed by atoms with Crippen molar-refractivity contribution in [3.05, 3.63) is 48.5 Å². The maximum Gasteiger partial charge on any atom is 0.261 e. The third kappa shape index (κ3) is 4.18. The molecular formula is C16H19NO3S2. The van der Waals surface area contributed by atoms with Gasteiger partial charge in [-0.05, 0) is 49.1 Å². The molecule has 118 valence electrons. The van der Waals surface area contributed by atoms with E-state index < -0.39 is 10.0 Å². The average Bonchev–Trinajstić information content (AvgIpc) is 2.50. The quantitative estimate of drug-likeness (QED) is 0.776. The molecule has 0 bridgehead atoms. The second-order valence-corrected chi connectivity index (χ2v) is 7.43. The Kier molecular flexibility index (Phi) is 5.74. The van der Waals surface area contributed by atoms with Crippen LogP contribution in [0.3, 0.4) is 0 Å². The molecule has 2 rings (SSSR count). The van der Waals surface area contributed by atoms with Crippen LogP contribution in [0.2, 0.25) is 0 Å². The molecule has 0 saturated carbocycles. The predicted molar refractivity (Wildman–Crippen MR) is 91.3 cm³/mol. The summed E-state index contributed by atoms with van der Waals surface area (Å²) >= 11 is 1.60. The van der Waals surface area contributed by atoms with Crippen molar-refractivity contribution in [2.75, 3.05) is 17.1 Å². The fourth-order valence-corrected chi connectivity index (χ4v) is 3.82.